The minimum Gasteiger partial charge on any atom is -0.493 e. The Kier molecular flexibility index (Phi) is 5.77. The summed E-state index contributed by atoms with van der Waals surface area (Å²) in [5.41, 5.74) is 1.23. The average Bonchev–Trinajstić information content (AvgIpc) is 2.78. The van der Waals surface area contributed by atoms with E-state index in [1.807, 2.05) is 0 Å². The quantitative estimate of drug-likeness (QED) is 0.214. The van der Waals surface area contributed by atoms with Crippen molar-refractivity contribution in [3.05, 3.63) is 87.2 Å². The van der Waals surface area contributed by atoms with Crippen LogP contribution in [0, 0.1) is 0 Å². The van der Waals surface area contributed by atoms with Crippen molar-refractivity contribution >= 4 is 32.9 Å². The van der Waals surface area contributed by atoms with Gasteiger partial charge in [-0.1, -0.05) is 22.0 Å². The molecular formula is C24H17BrO6. The second-order valence-electron chi connectivity index (χ2n) is 6.61. The van der Waals surface area contributed by atoms with E-state index in [0.29, 0.717) is 39.2 Å². The Bertz CT molecular complexity index is 1320. The number of benzene rings is 3. The molecule has 0 aliphatic carbocycles. The first-order valence-electron chi connectivity index (χ1n) is 9.26. The topological polar surface area (TPSA) is 75.0 Å². The zero-order chi connectivity index (χ0) is 22.0. The van der Waals surface area contributed by atoms with Gasteiger partial charge in [-0.2, -0.15) is 0 Å². The molecule has 0 amide bonds. The maximum Gasteiger partial charge on any atom is 0.344 e. The number of halogens is 1. The lowest BCUT2D eigenvalue weighted by Crippen LogP contribution is -2.08. The number of methoxy groups -OCH3 is 2. The van der Waals surface area contributed by atoms with Gasteiger partial charge >= 0.3 is 11.6 Å². The van der Waals surface area contributed by atoms with Gasteiger partial charge in [-0.25, -0.2) is 9.59 Å². The first-order valence-corrected chi connectivity index (χ1v) is 10.1. The van der Waals surface area contributed by atoms with Crippen LogP contribution >= 0.6 is 15.9 Å². The summed E-state index contributed by atoms with van der Waals surface area (Å²) in [7, 11) is 3.07. The molecule has 7 heteroatoms. The molecule has 31 heavy (non-hydrogen) atoms. The molecular weight excluding hydrogens is 464 g/mol. The van der Waals surface area contributed by atoms with E-state index in [0.717, 1.165) is 4.47 Å². The highest BCUT2D eigenvalue weighted by molar-refractivity contribution is 9.10. The molecule has 0 saturated heterocycles. The zero-order valence-corrected chi connectivity index (χ0v) is 18.3. The SMILES string of the molecule is COc1ccc(-c2cc3ccc(OC(=O)c4ccc(Br)cc4)cc3oc2=O)cc1OC. The van der Waals surface area contributed by atoms with E-state index in [9.17, 15) is 9.59 Å². The van der Waals surface area contributed by atoms with Crippen LogP contribution in [0.2, 0.25) is 0 Å². The van der Waals surface area contributed by atoms with Crippen molar-refractivity contribution in [2.45, 2.75) is 0 Å². The number of rotatable bonds is 5. The van der Waals surface area contributed by atoms with Crippen molar-refractivity contribution in [2.24, 2.45) is 0 Å². The standard InChI is InChI=1S/C24H17BrO6/c1-28-20-10-6-15(12-22(20)29-2)19-11-16-5-9-18(13-21(16)31-24(19)27)30-23(26)14-3-7-17(25)8-4-14/h3-13H,1-2H3. The molecule has 1 heterocycles. The molecule has 0 spiro atoms. The van der Waals surface area contributed by atoms with E-state index in [2.05, 4.69) is 15.9 Å². The summed E-state index contributed by atoms with van der Waals surface area (Å²) in [6.07, 6.45) is 0. The highest BCUT2D eigenvalue weighted by Gasteiger charge is 2.13. The number of carbonyl (C=O) groups is 1. The van der Waals surface area contributed by atoms with Gasteiger partial charge in [0, 0.05) is 15.9 Å². The lowest BCUT2D eigenvalue weighted by atomic mass is 10.1. The van der Waals surface area contributed by atoms with Crippen molar-refractivity contribution in [1.29, 1.82) is 0 Å². The normalized spacial score (nSPS) is 10.7. The van der Waals surface area contributed by atoms with Gasteiger partial charge in [-0.15, -0.1) is 0 Å². The van der Waals surface area contributed by atoms with E-state index in [-0.39, 0.29) is 5.75 Å². The molecule has 6 nitrogen and oxygen atoms in total. The van der Waals surface area contributed by atoms with Crippen molar-refractivity contribution in [1.82, 2.24) is 0 Å². The molecule has 0 radical (unpaired) electrons. The molecule has 0 unspecified atom stereocenters. The number of esters is 1. The first kappa shape index (κ1) is 20.7. The van der Waals surface area contributed by atoms with Crippen LogP contribution in [0.5, 0.6) is 17.2 Å². The molecule has 1 aromatic heterocycles. The maximum absolute atomic E-state index is 12.6. The molecule has 0 bridgehead atoms. The summed E-state index contributed by atoms with van der Waals surface area (Å²) >= 11 is 3.33. The van der Waals surface area contributed by atoms with Gasteiger partial charge in [-0.3, -0.25) is 0 Å². The van der Waals surface area contributed by atoms with Gasteiger partial charge in [0.1, 0.15) is 11.3 Å². The predicted molar refractivity (Wildman–Crippen MR) is 120 cm³/mol. The molecule has 4 aromatic rings. The Hall–Kier alpha value is -3.58. The maximum atomic E-state index is 12.6. The molecule has 4 rings (SSSR count). The van der Waals surface area contributed by atoms with Gasteiger partial charge < -0.3 is 18.6 Å². The van der Waals surface area contributed by atoms with Gasteiger partial charge in [0.05, 0.1) is 25.3 Å². The Morgan fingerprint density at radius 2 is 1.61 bits per heavy atom. The van der Waals surface area contributed by atoms with Gasteiger partial charge in [0.2, 0.25) is 0 Å². The second-order valence-corrected chi connectivity index (χ2v) is 7.53. The van der Waals surface area contributed by atoms with Crippen molar-refractivity contribution in [3.8, 4) is 28.4 Å². The lowest BCUT2D eigenvalue weighted by molar-refractivity contribution is 0.0735. The van der Waals surface area contributed by atoms with Crippen molar-refractivity contribution in [2.75, 3.05) is 14.2 Å². The van der Waals surface area contributed by atoms with Crippen molar-refractivity contribution in [3.63, 3.8) is 0 Å². The van der Waals surface area contributed by atoms with Gasteiger partial charge in [0.25, 0.3) is 0 Å². The summed E-state index contributed by atoms with van der Waals surface area (Å²) in [4.78, 5) is 25.0. The molecule has 0 aliphatic rings. The first-order chi connectivity index (χ1) is 15.0. The van der Waals surface area contributed by atoms with Crippen LogP contribution in [0.15, 0.2) is 80.4 Å². The largest absolute Gasteiger partial charge is 0.493 e. The fourth-order valence-corrected chi connectivity index (χ4v) is 3.38. The number of hydrogen-bond acceptors (Lipinski definition) is 6. The lowest BCUT2D eigenvalue weighted by Gasteiger charge is -2.10. The minimum absolute atomic E-state index is 0.280. The number of ether oxygens (including phenoxy) is 3. The zero-order valence-electron chi connectivity index (χ0n) is 16.7. The fraction of sp³-hybridized carbons (Fsp3) is 0.0833. The third-order valence-electron chi connectivity index (χ3n) is 4.69. The molecule has 0 saturated carbocycles. The van der Waals surface area contributed by atoms with Crippen LogP contribution in [0.4, 0.5) is 0 Å². The second kappa shape index (κ2) is 8.65. The summed E-state index contributed by atoms with van der Waals surface area (Å²) in [6.45, 7) is 0. The summed E-state index contributed by atoms with van der Waals surface area (Å²) in [5, 5.41) is 0.688. The van der Waals surface area contributed by atoms with Gasteiger partial charge in [-0.05, 0) is 60.2 Å². The monoisotopic (exact) mass is 480 g/mol. The molecule has 0 aliphatic heterocycles. The fourth-order valence-electron chi connectivity index (χ4n) is 3.11. The third kappa shape index (κ3) is 4.32. The van der Waals surface area contributed by atoms with Crippen LogP contribution in [-0.4, -0.2) is 20.2 Å². The average molecular weight is 481 g/mol. The Labute approximate surface area is 186 Å². The van der Waals surface area contributed by atoms with Crippen LogP contribution < -0.4 is 19.8 Å². The predicted octanol–water partition coefficient (Wildman–Crippen LogP) is 5.46. The van der Waals surface area contributed by atoms with Crippen LogP contribution in [0.1, 0.15) is 10.4 Å². The van der Waals surface area contributed by atoms with Crippen LogP contribution in [-0.2, 0) is 0 Å². The number of hydrogen-bond donors (Lipinski definition) is 0. The molecule has 156 valence electrons. The summed E-state index contributed by atoms with van der Waals surface area (Å²) < 4.78 is 22.3. The summed E-state index contributed by atoms with van der Waals surface area (Å²) in [6, 6.07) is 18.6. The van der Waals surface area contributed by atoms with Crippen LogP contribution in [0.25, 0.3) is 22.1 Å². The number of fused-ring (bicyclic) bond motifs is 1. The van der Waals surface area contributed by atoms with E-state index < -0.39 is 11.6 Å². The third-order valence-corrected chi connectivity index (χ3v) is 5.22. The van der Waals surface area contributed by atoms with E-state index in [1.165, 1.54) is 13.2 Å². The van der Waals surface area contributed by atoms with Crippen LogP contribution in [0.3, 0.4) is 0 Å². The smallest absolute Gasteiger partial charge is 0.344 e. The molecule has 0 atom stereocenters. The Balaban J connectivity index is 1.66. The van der Waals surface area contributed by atoms with E-state index >= 15 is 0 Å². The minimum atomic E-state index is -0.517. The molecule has 3 aromatic carbocycles. The molecule has 0 N–H and O–H groups in total. The van der Waals surface area contributed by atoms with Crippen molar-refractivity contribution < 1.29 is 23.4 Å². The highest BCUT2D eigenvalue weighted by Crippen LogP contribution is 2.32. The summed E-state index contributed by atoms with van der Waals surface area (Å²) in [5.74, 6) is 0.849. The Morgan fingerprint density at radius 1 is 0.871 bits per heavy atom. The van der Waals surface area contributed by atoms with Gasteiger partial charge in [0.15, 0.2) is 11.5 Å². The van der Waals surface area contributed by atoms with E-state index in [4.69, 9.17) is 18.6 Å². The number of carbonyl (C=O) groups excluding carboxylic acids is 1. The molecule has 0 fully saturated rings. The van der Waals surface area contributed by atoms with E-state index in [1.54, 1.807) is 67.8 Å². The highest BCUT2D eigenvalue weighted by atomic mass is 79.9. The Morgan fingerprint density at radius 3 is 2.32 bits per heavy atom.